The van der Waals surface area contributed by atoms with Crippen LogP contribution in [0.4, 0.5) is 0 Å². The Bertz CT molecular complexity index is 1780. The molecule has 0 radical (unpaired) electrons. The summed E-state index contributed by atoms with van der Waals surface area (Å²) < 4.78 is 33.1. The molecule has 0 unspecified atom stereocenters. The molecular formula is C53H78O5. The fourth-order valence-corrected chi connectivity index (χ4v) is 7.54. The summed E-state index contributed by atoms with van der Waals surface area (Å²) in [5.41, 5.74) is 0.940. The average Bonchev–Trinajstić information content (AvgIpc) is 3.23. The molecule has 0 saturated heterocycles. The SMILES string of the molecule is CCCC#Cc1cc2c(cc1OCCCCCC)c1cc(OCCCCCC)c(OCCCCCC)cc1c1cc(OCCCCCC)c(OCCCCCC)cc21. The molecule has 0 spiro atoms. The molecule has 5 heteroatoms. The van der Waals surface area contributed by atoms with E-state index in [0.29, 0.717) is 33.0 Å². The van der Waals surface area contributed by atoms with Gasteiger partial charge in [0.05, 0.1) is 38.6 Å². The summed E-state index contributed by atoms with van der Waals surface area (Å²) >= 11 is 0. The van der Waals surface area contributed by atoms with Crippen LogP contribution in [-0.2, 0) is 0 Å². The number of rotatable bonds is 31. The molecule has 0 aliphatic rings. The summed E-state index contributed by atoms with van der Waals surface area (Å²) in [6.45, 7) is 16.8. The summed E-state index contributed by atoms with van der Waals surface area (Å²) in [5.74, 6) is 11.1. The van der Waals surface area contributed by atoms with Gasteiger partial charge in [0.1, 0.15) is 5.75 Å². The average molecular weight is 795 g/mol. The molecule has 0 aliphatic heterocycles. The van der Waals surface area contributed by atoms with Crippen LogP contribution in [0.3, 0.4) is 0 Å². The molecule has 0 aromatic heterocycles. The zero-order valence-corrected chi connectivity index (χ0v) is 37.6. The number of hydrogen-bond acceptors (Lipinski definition) is 5. The van der Waals surface area contributed by atoms with Crippen molar-refractivity contribution in [2.24, 2.45) is 0 Å². The predicted octanol–water partition coefficient (Wildman–Crippen LogP) is 16.1. The third kappa shape index (κ3) is 14.8. The van der Waals surface area contributed by atoms with Crippen LogP contribution in [-0.4, -0.2) is 33.0 Å². The van der Waals surface area contributed by atoms with Crippen LogP contribution in [0.1, 0.15) is 188 Å². The fraction of sp³-hybridized carbons (Fsp3) is 0.623. The minimum absolute atomic E-state index is 0.668. The molecule has 0 atom stereocenters. The highest BCUT2D eigenvalue weighted by molar-refractivity contribution is 6.26. The Balaban J connectivity index is 1.98. The first-order chi connectivity index (χ1) is 28.6. The molecule has 0 bridgehead atoms. The molecule has 0 amide bonds. The number of fused-ring (bicyclic) bond motifs is 6. The van der Waals surface area contributed by atoms with Gasteiger partial charge >= 0.3 is 0 Å². The molecule has 0 saturated carbocycles. The standard InChI is InChI=1S/C53H78O5/c1-7-13-19-25-31-54-49-37-44-43(36-42(49)30-24-18-12-6)45-38-50(55-32-26-20-14-8-2)52(57-34-28-22-16-10-4)40-47(45)48-41-53(58-35-29-23-17-11-5)51(39-46(44)48)56-33-27-21-15-9-3/h36-41H,7-23,25-29,31-35H2,1-6H3. The van der Waals surface area contributed by atoms with Crippen LogP contribution < -0.4 is 23.7 Å². The lowest BCUT2D eigenvalue weighted by Crippen LogP contribution is -2.04. The van der Waals surface area contributed by atoms with Gasteiger partial charge in [0.25, 0.3) is 0 Å². The maximum atomic E-state index is 6.63. The van der Waals surface area contributed by atoms with Gasteiger partial charge in [-0.3, -0.25) is 0 Å². The topological polar surface area (TPSA) is 46.2 Å². The van der Waals surface area contributed by atoms with Crippen LogP contribution in [0.25, 0.3) is 32.3 Å². The van der Waals surface area contributed by atoms with Gasteiger partial charge in [-0.05, 0) is 107 Å². The van der Waals surface area contributed by atoms with Gasteiger partial charge in [-0.15, -0.1) is 0 Å². The van der Waals surface area contributed by atoms with Crippen molar-refractivity contribution in [3.05, 3.63) is 42.0 Å². The molecular weight excluding hydrogens is 717 g/mol. The van der Waals surface area contributed by atoms with Gasteiger partial charge < -0.3 is 23.7 Å². The zero-order valence-electron chi connectivity index (χ0n) is 37.6. The van der Waals surface area contributed by atoms with E-state index in [4.69, 9.17) is 23.7 Å². The summed E-state index contributed by atoms with van der Waals surface area (Å²) in [4.78, 5) is 0. The Morgan fingerprint density at radius 2 is 0.586 bits per heavy atom. The van der Waals surface area contributed by atoms with Crippen molar-refractivity contribution in [3.8, 4) is 40.6 Å². The Morgan fingerprint density at radius 1 is 0.310 bits per heavy atom. The number of benzene rings is 4. The lowest BCUT2D eigenvalue weighted by molar-refractivity contribution is 0.259. The zero-order chi connectivity index (χ0) is 41.2. The highest BCUT2D eigenvalue weighted by Crippen LogP contribution is 2.46. The normalized spacial score (nSPS) is 11.3. The van der Waals surface area contributed by atoms with Crippen molar-refractivity contribution in [1.29, 1.82) is 0 Å². The third-order valence-electron chi connectivity index (χ3n) is 11.0. The van der Waals surface area contributed by atoms with Crippen molar-refractivity contribution in [2.45, 2.75) is 183 Å². The van der Waals surface area contributed by atoms with Gasteiger partial charge in [-0.1, -0.05) is 150 Å². The van der Waals surface area contributed by atoms with Crippen molar-refractivity contribution < 1.29 is 23.7 Å². The van der Waals surface area contributed by atoms with E-state index in [1.165, 1.54) is 70.6 Å². The van der Waals surface area contributed by atoms with E-state index in [9.17, 15) is 0 Å². The number of hydrogen-bond donors (Lipinski definition) is 0. The van der Waals surface area contributed by atoms with Gasteiger partial charge in [0.2, 0.25) is 0 Å². The molecule has 320 valence electrons. The molecule has 58 heavy (non-hydrogen) atoms. The quantitative estimate of drug-likeness (QED) is 0.0288. The first kappa shape index (κ1) is 46.9. The highest BCUT2D eigenvalue weighted by Gasteiger charge is 2.20. The summed E-state index contributed by atoms with van der Waals surface area (Å²) in [5, 5.41) is 6.74. The molecule has 4 aromatic carbocycles. The first-order valence-electron chi connectivity index (χ1n) is 23.8. The molecule has 0 heterocycles. The monoisotopic (exact) mass is 795 g/mol. The van der Waals surface area contributed by atoms with Crippen LogP contribution in [0, 0.1) is 11.8 Å². The highest BCUT2D eigenvalue weighted by atomic mass is 16.5. The molecule has 4 aromatic rings. The van der Waals surface area contributed by atoms with E-state index in [2.05, 4.69) is 89.8 Å². The predicted molar refractivity (Wildman–Crippen MR) is 249 cm³/mol. The van der Waals surface area contributed by atoms with E-state index < -0.39 is 0 Å². The summed E-state index contributed by atoms with van der Waals surface area (Å²) in [7, 11) is 0. The maximum absolute atomic E-state index is 6.63. The van der Waals surface area contributed by atoms with Gasteiger partial charge in [-0.2, -0.15) is 0 Å². The van der Waals surface area contributed by atoms with Crippen molar-refractivity contribution in [2.75, 3.05) is 33.0 Å². The molecule has 0 aliphatic carbocycles. The first-order valence-corrected chi connectivity index (χ1v) is 23.8. The second kappa shape index (κ2) is 27.8. The van der Waals surface area contributed by atoms with Crippen LogP contribution in [0.2, 0.25) is 0 Å². The third-order valence-corrected chi connectivity index (χ3v) is 11.0. The van der Waals surface area contributed by atoms with E-state index in [1.807, 2.05) is 0 Å². The smallest absolute Gasteiger partial charge is 0.161 e. The lowest BCUT2D eigenvalue weighted by atomic mass is 9.92. The van der Waals surface area contributed by atoms with Gasteiger partial charge in [0.15, 0.2) is 23.0 Å². The molecule has 0 fully saturated rings. The van der Waals surface area contributed by atoms with Gasteiger partial charge in [0, 0.05) is 6.42 Å². The van der Waals surface area contributed by atoms with Crippen LogP contribution in [0.5, 0.6) is 28.7 Å². The molecule has 0 N–H and O–H groups in total. The Hall–Kier alpha value is -3.78. The Morgan fingerprint density at radius 3 is 0.879 bits per heavy atom. The minimum atomic E-state index is 0.668. The summed E-state index contributed by atoms with van der Waals surface area (Å²) in [6.07, 6.45) is 24.9. The maximum Gasteiger partial charge on any atom is 0.161 e. The summed E-state index contributed by atoms with van der Waals surface area (Å²) in [6, 6.07) is 13.4. The van der Waals surface area contributed by atoms with Crippen molar-refractivity contribution in [1.82, 2.24) is 0 Å². The second-order valence-corrected chi connectivity index (χ2v) is 16.2. The van der Waals surface area contributed by atoms with E-state index in [0.717, 1.165) is 137 Å². The number of ether oxygens (including phenoxy) is 5. The van der Waals surface area contributed by atoms with Crippen molar-refractivity contribution >= 4 is 32.3 Å². The molecule has 4 rings (SSSR count). The molecule has 5 nitrogen and oxygen atoms in total. The number of unbranched alkanes of at least 4 members (excludes halogenated alkanes) is 16. The van der Waals surface area contributed by atoms with Crippen LogP contribution in [0.15, 0.2) is 36.4 Å². The second-order valence-electron chi connectivity index (χ2n) is 16.2. The minimum Gasteiger partial charge on any atom is -0.492 e. The largest absolute Gasteiger partial charge is 0.492 e. The van der Waals surface area contributed by atoms with Crippen molar-refractivity contribution in [3.63, 3.8) is 0 Å². The van der Waals surface area contributed by atoms with E-state index >= 15 is 0 Å². The van der Waals surface area contributed by atoms with Crippen LogP contribution >= 0.6 is 0 Å². The van der Waals surface area contributed by atoms with E-state index in [1.54, 1.807) is 0 Å². The lowest BCUT2D eigenvalue weighted by Gasteiger charge is -2.20. The Labute approximate surface area is 353 Å². The fourth-order valence-electron chi connectivity index (χ4n) is 7.54. The van der Waals surface area contributed by atoms with Gasteiger partial charge in [-0.25, -0.2) is 0 Å². The Kier molecular flexibility index (Phi) is 22.5. The van der Waals surface area contributed by atoms with E-state index in [-0.39, 0.29) is 0 Å².